The standard InChI is InChI=1S/C14H18ClFN3O/c1-9(20)19(2)14-8-11(5-6-17-14)18-10-3-4-13(16)12(15)7-10/h3-4,7,11,14,18H,5-6,8H2,1-2H3. The molecule has 1 heterocycles. The summed E-state index contributed by atoms with van der Waals surface area (Å²) in [6.07, 6.45) is 1.53. The lowest BCUT2D eigenvalue weighted by Gasteiger charge is -2.35. The van der Waals surface area contributed by atoms with Gasteiger partial charge in [-0.3, -0.25) is 4.79 Å². The monoisotopic (exact) mass is 298 g/mol. The molecule has 1 radical (unpaired) electrons. The Morgan fingerprint density at radius 1 is 1.55 bits per heavy atom. The number of benzene rings is 1. The Hall–Kier alpha value is -1.33. The Kier molecular flexibility index (Phi) is 4.83. The van der Waals surface area contributed by atoms with Crippen molar-refractivity contribution in [3.8, 4) is 0 Å². The second kappa shape index (κ2) is 6.41. The summed E-state index contributed by atoms with van der Waals surface area (Å²) in [4.78, 5) is 13.0. The van der Waals surface area contributed by atoms with Crippen LogP contribution < -0.4 is 10.6 Å². The zero-order chi connectivity index (χ0) is 14.7. The van der Waals surface area contributed by atoms with Crippen LogP contribution in [0.4, 0.5) is 10.1 Å². The topological polar surface area (TPSA) is 46.4 Å². The summed E-state index contributed by atoms with van der Waals surface area (Å²) < 4.78 is 13.1. The van der Waals surface area contributed by atoms with Gasteiger partial charge >= 0.3 is 0 Å². The molecule has 2 rings (SSSR count). The maximum absolute atomic E-state index is 13.1. The summed E-state index contributed by atoms with van der Waals surface area (Å²) >= 11 is 5.77. The summed E-state index contributed by atoms with van der Waals surface area (Å²) in [6.45, 7) is 2.24. The third-order valence-electron chi connectivity index (χ3n) is 3.55. The van der Waals surface area contributed by atoms with E-state index in [0.717, 1.165) is 18.5 Å². The van der Waals surface area contributed by atoms with Crippen LogP contribution in [0.1, 0.15) is 19.8 Å². The van der Waals surface area contributed by atoms with E-state index in [1.54, 1.807) is 24.1 Å². The fraction of sp³-hybridized carbons (Fsp3) is 0.500. The van der Waals surface area contributed by atoms with Crippen LogP contribution in [-0.4, -0.2) is 36.6 Å². The quantitative estimate of drug-likeness (QED) is 0.932. The number of halogens is 2. The highest BCUT2D eigenvalue weighted by Gasteiger charge is 2.26. The molecule has 1 aliphatic rings. The molecule has 0 bridgehead atoms. The van der Waals surface area contributed by atoms with Crippen LogP contribution in [0.15, 0.2) is 18.2 Å². The van der Waals surface area contributed by atoms with Crippen molar-refractivity contribution in [2.75, 3.05) is 18.9 Å². The lowest BCUT2D eigenvalue weighted by Crippen LogP contribution is -2.49. The van der Waals surface area contributed by atoms with E-state index in [2.05, 4.69) is 10.6 Å². The minimum atomic E-state index is -0.426. The highest BCUT2D eigenvalue weighted by atomic mass is 35.5. The molecule has 6 heteroatoms. The molecular formula is C14H18ClFN3O. The molecule has 2 atom stereocenters. The number of amides is 1. The average molecular weight is 299 g/mol. The fourth-order valence-electron chi connectivity index (χ4n) is 2.27. The molecule has 0 spiro atoms. The van der Waals surface area contributed by atoms with Gasteiger partial charge in [-0.25, -0.2) is 9.71 Å². The van der Waals surface area contributed by atoms with Gasteiger partial charge in [-0.2, -0.15) is 0 Å². The van der Waals surface area contributed by atoms with Gasteiger partial charge in [0.15, 0.2) is 0 Å². The first-order valence-corrected chi connectivity index (χ1v) is 6.96. The zero-order valence-corrected chi connectivity index (χ0v) is 12.3. The largest absolute Gasteiger partial charge is 0.382 e. The maximum atomic E-state index is 13.1. The predicted octanol–water partition coefficient (Wildman–Crippen LogP) is 2.46. The summed E-state index contributed by atoms with van der Waals surface area (Å²) in [5, 5.41) is 7.88. The van der Waals surface area contributed by atoms with Gasteiger partial charge in [0.1, 0.15) is 5.82 Å². The van der Waals surface area contributed by atoms with E-state index in [1.807, 2.05) is 0 Å². The molecule has 1 aliphatic heterocycles. The third-order valence-corrected chi connectivity index (χ3v) is 3.84. The number of carbonyl (C=O) groups excluding carboxylic acids is 1. The van der Waals surface area contributed by atoms with Crippen LogP contribution in [0.2, 0.25) is 5.02 Å². The molecule has 1 aromatic rings. The van der Waals surface area contributed by atoms with Gasteiger partial charge in [0.05, 0.1) is 11.2 Å². The first kappa shape index (κ1) is 15.1. The van der Waals surface area contributed by atoms with E-state index in [0.29, 0.717) is 6.54 Å². The minimum absolute atomic E-state index is 0.00391. The van der Waals surface area contributed by atoms with Crippen molar-refractivity contribution >= 4 is 23.2 Å². The SMILES string of the molecule is CC(=O)N(C)C1CC(Nc2ccc(F)c(Cl)c2)CC[N]1. The minimum Gasteiger partial charge on any atom is -0.382 e. The van der Waals surface area contributed by atoms with Crippen molar-refractivity contribution in [1.82, 2.24) is 10.2 Å². The fourth-order valence-corrected chi connectivity index (χ4v) is 2.45. The highest BCUT2D eigenvalue weighted by molar-refractivity contribution is 6.31. The second-order valence-corrected chi connectivity index (χ2v) is 5.42. The number of anilines is 1. The number of nitrogens with one attached hydrogen (secondary N) is 1. The normalized spacial score (nSPS) is 22.4. The summed E-state index contributed by atoms with van der Waals surface area (Å²) in [5.74, 6) is -0.422. The Morgan fingerprint density at radius 3 is 2.95 bits per heavy atom. The highest BCUT2D eigenvalue weighted by Crippen LogP contribution is 2.22. The third kappa shape index (κ3) is 3.61. The lowest BCUT2D eigenvalue weighted by atomic mass is 10.0. The van der Waals surface area contributed by atoms with Crippen molar-refractivity contribution in [2.45, 2.75) is 32.0 Å². The van der Waals surface area contributed by atoms with E-state index < -0.39 is 5.82 Å². The first-order valence-electron chi connectivity index (χ1n) is 6.59. The van der Waals surface area contributed by atoms with Crippen LogP contribution in [0, 0.1) is 5.82 Å². The number of hydrogen-bond donors (Lipinski definition) is 1. The van der Waals surface area contributed by atoms with E-state index >= 15 is 0 Å². The summed E-state index contributed by atoms with van der Waals surface area (Å²) in [5.41, 5.74) is 0.785. The van der Waals surface area contributed by atoms with Crippen LogP contribution in [0.5, 0.6) is 0 Å². The van der Waals surface area contributed by atoms with Crippen LogP contribution in [0.25, 0.3) is 0 Å². The van der Waals surface area contributed by atoms with E-state index in [4.69, 9.17) is 11.6 Å². The molecule has 0 aliphatic carbocycles. The van der Waals surface area contributed by atoms with E-state index in [1.165, 1.54) is 13.0 Å². The van der Waals surface area contributed by atoms with Crippen molar-refractivity contribution in [2.24, 2.45) is 0 Å². The zero-order valence-electron chi connectivity index (χ0n) is 11.6. The molecule has 109 valence electrons. The van der Waals surface area contributed by atoms with Gasteiger partial charge < -0.3 is 10.2 Å². The summed E-state index contributed by atoms with van der Waals surface area (Å²) in [7, 11) is 1.76. The average Bonchev–Trinajstić information content (AvgIpc) is 2.42. The van der Waals surface area contributed by atoms with Gasteiger partial charge in [0.2, 0.25) is 5.91 Å². The van der Waals surface area contributed by atoms with Crippen molar-refractivity contribution in [1.29, 1.82) is 0 Å². The molecule has 1 fully saturated rings. The number of rotatable bonds is 3. The molecule has 1 aromatic carbocycles. The number of carbonyl (C=O) groups is 1. The van der Waals surface area contributed by atoms with Gasteiger partial charge in [-0.15, -0.1) is 0 Å². The number of piperidine rings is 1. The Bertz CT molecular complexity index is 497. The second-order valence-electron chi connectivity index (χ2n) is 5.01. The Morgan fingerprint density at radius 2 is 2.30 bits per heavy atom. The van der Waals surface area contributed by atoms with Crippen LogP contribution in [0.3, 0.4) is 0 Å². The van der Waals surface area contributed by atoms with Crippen molar-refractivity contribution in [3.63, 3.8) is 0 Å². The smallest absolute Gasteiger partial charge is 0.220 e. The molecule has 1 saturated heterocycles. The van der Waals surface area contributed by atoms with Crippen LogP contribution in [-0.2, 0) is 4.79 Å². The predicted molar refractivity (Wildman–Crippen MR) is 77.3 cm³/mol. The molecule has 1 amide bonds. The van der Waals surface area contributed by atoms with Crippen molar-refractivity contribution < 1.29 is 9.18 Å². The molecule has 1 N–H and O–H groups in total. The van der Waals surface area contributed by atoms with Crippen molar-refractivity contribution in [3.05, 3.63) is 29.0 Å². The maximum Gasteiger partial charge on any atom is 0.220 e. The summed E-state index contributed by atoms with van der Waals surface area (Å²) in [6, 6.07) is 4.78. The number of hydrogen-bond acceptors (Lipinski definition) is 2. The first-order chi connectivity index (χ1) is 9.47. The number of nitrogens with zero attached hydrogens (tertiary/aromatic N) is 2. The van der Waals surface area contributed by atoms with E-state index in [-0.39, 0.29) is 23.1 Å². The molecule has 0 saturated carbocycles. The molecular weight excluding hydrogens is 281 g/mol. The van der Waals surface area contributed by atoms with Gasteiger partial charge in [-0.1, -0.05) is 11.6 Å². The molecule has 4 nitrogen and oxygen atoms in total. The molecule has 2 unspecified atom stereocenters. The molecule has 0 aromatic heterocycles. The van der Waals surface area contributed by atoms with Gasteiger partial charge in [-0.05, 0) is 24.6 Å². The van der Waals surface area contributed by atoms with Crippen LogP contribution >= 0.6 is 11.6 Å². The Balaban J connectivity index is 1.99. The van der Waals surface area contributed by atoms with E-state index in [9.17, 15) is 9.18 Å². The molecule has 20 heavy (non-hydrogen) atoms. The lowest BCUT2D eigenvalue weighted by molar-refractivity contribution is -0.130. The van der Waals surface area contributed by atoms with Gasteiger partial charge in [0.25, 0.3) is 0 Å². The Labute approximate surface area is 123 Å². The van der Waals surface area contributed by atoms with Gasteiger partial charge in [0, 0.05) is 38.7 Å².